The minimum absolute atomic E-state index is 0.0217. The van der Waals surface area contributed by atoms with Crippen LogP contribution in [0.5, 0.6) is 0 Å². The molecule has 4 fully saturated rings. The van der Waals surface area contributed by atoms with E-state index >= 15 is 0 Å². The number of nitrogens with one attached hydrogen (secondary N) is 1. The summed E-state index contributed by atoms with van der Waals surface area (Å²) in [6.07, 6.45) is -1.51. The molecule has 8 heteroatoms. The van der Waals surface area contributed by atoms with Gasteiger partial charge in [-0.05, 0) is 64.2 Å². The number of carbonyl (C=O) groups is 1. The number of aromatic nitrogens is 2. The van der Waals surface area contributed by atoms with Gasteiger partial charge in [0.1, 0.15) is 5.67 Å². The molecule has 1 amide bonds. The molecular formula is C18H23F4N3O. The van der Waals surface area contributed by atoms with Crippen LogP contribution in [0.1, 0.15) is 62.5 Å². The Morgan fingerprint density at radius 3 is 2.46 bits per heavy atom. The molecule has 4 nitrogen and oxygen atoms in total. The summed E-state index contributed by atoms with van der Waals surface area (Å²) in [5, 5.41) is 6.62. The normalized spacial score (nSPS) is 36.0. The molecule has 5 atom stereocenters. The molecule has 4 saturated carbocycles. The molecule has 3 unspecified atom stereocenters. The Hall–Kier alpha value is -1.60. The van der Waals surface area contributed by atoms with Crippen LogP contribution < -0.4 is 5.32 Å². The highest BCUT2D eigenvalue weighted by Gasteiger charge is 2.61. The lowest BCUT2D eigenvalue weighted by Gasteiger charge is -2.36. The van der Waals surface area contributed by atoms with Crippen molar-refractivity contribution in [2.75, 3.05) is 0 Å². The average Bonchev–Trinajstić information content (AvgIpc) is 3.08. The second-order valence-electron chi connectivity index (χ2n) is 9.17. The van der Waals surface area contributed by atoms with Gasteiger partial charge >= 0.3 is 6.18 Å². The molecule has 0 saturated heterocycles. The first kappa shape index (κ1) is 17.8. The molecule has 26 heavy (non-hydrogen) atoms. The van der Waals surface area contributed by atoms with Crippen molar-refractivity contribution in [3.8, 4) is 0 Å². The molecule has 4 aliphatic rings. The van der Waals surface area contributed by atoms with Crippen LogP contribution in [-0.2, 0) is 11.7 Å². The van der Waals surface area contributed by atoms with Gasteiger partial charge < -0.3 is 5.32 Å². The number of hydrogen-bond donors (Lipinski definition) is 1. The van der Waals surface area contributed by atoms with E-state index in [0.717, 1.165) is 17.3 Å². The Morgan fingerprint density at radius 2 is 1.88 bits per heavy atom. The maximum absolute atomic E-state index is 14.5. The van der Waals surface area contributed by atoms with Crippen LogP contribution in [0.4, 0.5) is 17.6 Å². The summed E-state index contributed by atoms with van der Waals surface area (Å²) in [6, 6.07) is -0.238. The molecule has 0 radical (unpaired) electrons. The lowest BCUT2D eigenvalue weighted by Crippen LogP contribution is -2.47. The fourth-order valence-corrected chi connectivity index (χ4v) is 5.45. The van der Waals surface area contributed by atoms with E-state index in [9.17, 15) is 22.4 Å². The van der Waals surface area contributed by atoms with E-state index in [2.05, 4.69) is 10.4 Å². The number of halogens is 4. The quantitative estimate of drug-likeness (QED) is 0.799. The number of carbonyl (C=O) groups excluding carboxylic acids is 1. The maximum Gasteiger partial charge on any atom is 0.433 e. The van der Waals surface area contributed by atoms with Crippen molar-refractivity contribution in [3.05, 3.63) is 17.5 Å². The van der Waals surface area contributed by atoms with Crippen molar-refractivity contribution in [3.63, 3.8) is 0 Å². The molecule has 0 spiro atoms. The second kappa shape index (κ2) is 5.23. The SMILES string of the molecule is CC(C)(C)n1ncc(C(=O)N[C@H]2C3CC4C[C@@](F)(C3)CC42)c1C(F)(F)F. The van der Waals surface area contributed by atoms with Gasteiger partial charge in [-0.25, -0.2) is 4.39 Å². The Morgan fingerprint density at radius 1 is 1.23 bits per heavy atom. The van der Waals surface area contributed by atoms with E-state index in [1.54, 1.807) is 20.8 Å². The summed E-state index contributed by atoms with van der Waals surface area (Å²) in [7, 11) is 0. The van der Waals surface area contributed by atoms with Gasteiger partial charge in [-0.3, -0.25) is 9.48 Å². The first-order valence-corrected chi connectivity index (χ1v) is 9.04. The van der Waals surface area contributed by atoms with Crippen LogP contribution in [-0.4, -0.2) is 27.4 Å². The molecule has 1 aromatic heterocycles. The minimum Gasteiger partial charge on any atom is -0.349 e. The molecule has 5 rings (SSSR count). The number of alkyl halides is 4. The van der Waals surface area contributed by atoms with Gasteiger partial charge in [-0.15, -0.1) is 0 Å². The van der Waals surface area contributed by atoms with Crippen LogP contribution in [0.15, 0.2) is 6.20 Å². The van der Waals surface area contributed by atoms with Crippen molar-refractivity contribution in [1.29, 1.82) is 0 Å². The van der Waals surface area contributed by atoms with Gasteiger partial charge in [-0.1, -0.05) is 0 Å². The van der Waals surface area contributed by atoms with E-state index in [-0.39, 0.29) is 23.8 Å². The van der Waals surface area contributed by atoms with E-state index < -0.39 is 34.5 Å². The summed E-state index contributed by atoms with van der Waals surface area (Å²) in [5.41, 5.74) is -3.53. The van der Waals surface area contributed by atoms with Crippen LogP contribution >= 0.6 is 0 Å². The number of nitrogens with zero attached hydrogens (tertiary/aromatic N) is 2. The van der Waals surface area contributed by atoms with Gasteiger partial charge in [0.25, 0.3) is 5.91 Å². The molecule has 4 aliphatic carbocycles. The first-order valence-electron chi connectivity index (χ1n) is 9.04. The van der Waals surface area contributed by atoms with Crippen LogP contribution in [0.2, 0.25) is 0 Å². The van der Waals surface area contributed by atoms with Gasteiger partial charge in [0, 0.05) is 6.04 Å². The molecular weight excluding hydrogens is 350 g/mol. The molecule has 4 bridgehead atoms. The van der Waals surface area contributed by atoms with Gasteiger partial charge in [0.05, 0.1) is 17.3 Å². The highest BCUT2D eigenvalue weighted by atomic mass is 19.4. The summed E-state index contributed by atoms with van der Waals surface area (Å²) < 4.78 is 56.2. The van der Waals surface area contributed by atoms with Gasteiger partial charge in [0.15, 0.2) is 5.69 Å². The molecule has 0 aromatic carbocycles. The molecule has 1 aromatic rings. The van der Waals surface area contributed by atoms with Crippen molar-refractivity contribution in [1.82, 2.24) is 15.1 Å². The molecule has 144 valence electrons. The van der Waals surface area contributed by atoms with Crippen molar-refractivity contribution in [2.45, 2.75) is 69.9 Å². The monoisotopic (exact) mass is 373 g/mol. The average molecular weight is 373 g/mol. The molecule has 1 heterocycles. The fourth-order valence-electron chi connectivity index (χ4n) is 5.45. The fraction of sp³-hybridized carbons (Fsp3) is 0.778. The summed E-state index contributed by atoms with van der Waals surface area (Å²) >= 11 is 0. The number of amides is 1. The van der Waals surface area contributed by atoms with Crippen molar-refractivity contribution < 1.29 is 22.4 Å². The lowest BCUT2D eigenvalue weighted by molar-refractivity contribution is -0.146. The topological polar surface area (TPSA) is 46.9 Å². The zero-order valence-electron chi connectivity index (χ0n) is 15.0. The first-order chi connectivity index (χ1) is 11.9. The van der Waals surface area contributed by atoms with Gasteiger partial charge in [-0.2, -0.15) is 18.3 Å². The Labute approximate surface area is 149 Å². The summed E-state index contributed by atoms with van der Waals surface area (Å²) in [4.78, 5) is 12.7. The van der Waals surface area contributed by atoms with Crippen molar-refractivity contribution >= 4 is 5.91 Å². The summed E-state index contributed by atoms with van der Waals surface area (Å²) in [5.74, 6) is -0.465. The minimum atomic E-state index is -4.69. The third-order valence-corrected chi connectivity index (χ3v) is 6.25. The Bertz CT molecular complexity index is 747. The Balaban J connectivity index is 1.61. The zero-order chi connectivity index (χ0) is 19.1. The highest BCUT2D eigenvalue weighted by Crippen LogP contribution is 2.61. The van der Waals surface area contributed by atoms with Crippen LogP contribution in [0.25, 0.3) is 0 Å². The standard InChI is InChI=1S/C18H23F4N3O/c1-16(2,3)25-14(18(20,21)22)12(8-23-25)15(26)24-13-10-4-9-5-17(19,6-10)7-11(9)13/h8-11,13H,4-7H2,1-3H3,(H,24,26)/t9?,10?,11?,13-,17+/m0/s1. The molecule has 1 N–H and O–H groups in total. The zero-order valence-corrected chi connectivity index (χ0v) is 15.0. The van der Waals surface area contributed by atoms with Crippen molar-refractivity contribution in [2.24, 2.45) is 17.8 Å². The highest BCUT2D eigenvalue weighted by molar-refractivity contribution is 5.95. The second-order valence-corrected chi connectivity index (χ2v) is 9.17. The Kier molecular flexibility index (Phi) is 3.58. The third kappa shape index (κ3) is 2.63. The summed E-state index contributed by atoms with van der Waals surface area (Å²) in [6.45, 7) is 4.81. The largest absolute Gasteiger partial charge is 0.433 e. The smallest absolute Gasteiger partial charge is 0.349 e. The van der Waals surface area contributed by atoms with E-state index in [0.29, 0.717) is 19.3 Å². The number of rotatable bonds is 2. The van der Waals surface area contributed by atoms with E-state index in [1.165, 1.54) is 0 Å². The maximum atomic E-state index is 14.5. The van der Waals surface area contributed by atoms with Gasteiger partial charge in [0.2, 0.25) is 0 Å². The van der Waals surface area contributed by atoms with Crippen LogP contribution in [0.3, 0.4) is 0 Å². The number of hydrogen-bond acceptors (Lipinski definition) is 2. The third-order valence-electron chi connectivity index (χ3n) is 6.25. The predicted molar refractivity (Wildman–Crippen MR) is 86.3 cm³/mol. The predicted octanol–water partition coefficient (Wildman–Crippen LogP) is 3.91. The van der Waals surface area contributed by atoms with E-state index in [4.69, 9.17) is 0 Å². The molecule has 0 aliphatic heterocycles. The van der Waals surface area contributed by atoms with E-state index in [1.807, 2.05) is 0 Å². The van der Waals surface area contributed by atoms with Crippen LogP contribution in [0, 0.1) is 17.8 Å². The lowest BCUT2D eigenvalue weighted by atomic mass is 9.77.